The number of nitrogens with two attached hydrogens (primary N) is 3. The molecule has 0 saturated heterocycles. The number of aromatic nitrogens is 4. The lowest BCUT2D eigenvalue weighted by Gasteiger charge is -2.13. The first-order valence-electron chi connectivity index (χ1n) is 10.3. The van der Waals surface area contributed by atoms with Crippen LogP contribution in [0.4, 0.5) is 17.6 Å². The third kappa shape index (κ3) is 6.18. The fraction of sp³-hybridized carbons (Fsp3) is 0.381. The van der Waals surface area contributed by atoms with E-state index in [-0.39, 0.29) is 28.7 Å². The second-order valence-electron chi connectivity index (χ2n) is 7.74. The Balaban J connectivity index is 0.000000235. The van der Waals surface area contributed by atoms with Crippen molar-refractivity contribution in [3.63, 3.8) is 0 Å². The highest BCUT2D eigenvalue weighted by Crippen LogP contribution is 2.32. The number of halogens is 1. The molecule has 12 heteroatoms. The molecule has 174 valence electrons. The fourth-order valence-electron chi connectivity index (χ4n) is 3.29. The summed E-state index contributed by atoms with van der Waals surface area (Å²) in [5.74, 6) is 2.07. The molecular formula is C21H25ClN8O2S. The van der Waals surface area contributed by atoms with Crippen LogP contribution >= 0.6 is 11.6 Å². The second kappa shape index (κ2) is 10.6. The molecule has 1 aliphatic carbocycles. The monoisotopic (exact) mass is 488 g/mol. The van der Waals surface area contributed by atoms with E-state index in [0.717, 1.165) is 12.2 Å². The van der Waals surface area contributed by atoms with Gasteiger partial charge in [0.2, 0.25) is 5.95 Å². The number of nitrogens with zero attached hydrogens (tertiary/aromatic N) is 5. The van der Waals surface area contributed by atoms with Crippen LogP contribution in [0.3, 0.4) is 0 Å². The van der Waals surface area contributed by atoms with Crippen LogP contribution in [0, 0.1) is 17.2 Å². The molecule has 2 heterocycles. The van der Waals surface area contributed by atoms with Crippen molar-refractivity contribution in [1.29, 1.82) is 5.26 Å². The average Bonchev–Trinajstić information content (AvgIpc) is 3.54. The van der Waals surface area contributed by atoms with E-state index in [1.54, 1.807) is 23.0 Å². The van der Waals surface area contributed by atoms with Gasteiger partial charge in [-0.1, -0.05) is 17.7 Å². The summed E-state index contributed by atoms with van der Waals surface area (Å²) < 4.78 is 13.0. The molecule has 0 spiro atoms. The summed E-state index contributed by atoms with van der Waals surface area (Å²) in [6.07, 6.45) is 5.65. The Morgan fingerprint density at radius 1 is 1.21 bits per heavy atom. The topological polar surface area (TPSA) is 180 Å². The van der Waals surface area contributed by atoms with Crippen molar-refractivity contribution in [2.45, 2.75) is 32.2 Å². The van der Waals surface area contributed by atoms with Gasteiger partial charge in [-0.15, -0.1) is 0 Å². The summed E-state index contributed by atoms with van der Waals surface area (Å²) in [4.78, 5) is 24.6. The van der Waals surface area contributed by atoms with Crippen molar-refractivity contribution in [3.8, 4) is 6.07 Å². The van der Waals surface area contributed by atoms with Gasteiger partial charge in [0.15, 0.2) is 0 Å². The first kappa shape index (κ1) is 24.4. The predicted molar refractivity (Wildman–Crippen MR) is 131 cm³/mol. The Morgan fingerprint density at radius 3 is 2.45 bits per heavy atom. The van der Waals surface area contributed by atoms with Gasteiger partial charge in [-0.05, 0) is 37.3 Å². The van der Waals surface area contributed by atoms with Crippen LogP contribution in [-0.4, -0.2) is 35.7 Å². The van der Waals surface area contributed by atoms with E-state index in [0.29, 0.717) is 40.6 Å². The van der Waals surface area contributed by atoms with E-state index in [4.69, 9.17) is 34.1 Å². The molecule has 0 amide bonds. The molecule has 4 rings (SSSR count). The summed E-state index contributed by atoms with van der Waals surface area (Å²) in [5.41, 5.74) is 16.5. The maximum absolute atomic E-state index is 12.8. The second-order valence-corrected chi connectivity index (χ2v) is 9.70. The normalized spacial score (nSPS) is 13.7. The molecule has 0 aliphatic heterocycles. The molecule has 6 N–H and O–H groups in total. The Morgan fingerprint density at radius 2 is 1.88 bits per heavy atom. The van der Waals surface area contributed by atoms with Crippen LogP contribution in [0.2, 0.25) is 5.02 Å². The zero-order chi connectivity index (χ0) is 24.1. The number of nitrogen functional groups attached to an aromatic ring is 3. The number of fused-ring (bicyclic) bond motifs is 1. The molecule has 0 radical (unpaired) electrons. The lowest BCUT2D eigenvalue weighted by molar-refractivity contribution is 0.587. The Kier molecular flexibility index (Phi) is 7.84. The highest BCUT2D eigenvalue weighted by molar-refractivity contribution is 7.84. The van der Waals surface area contributed by atoms with E-state index < -0.39 is 10.8 Å². The van der Waals surface area contributed by atoms with E-state index >= 15 is 0 Å². The summed E-state index contributed by atoms with van der Waals surface area (Å²) >= 11 is 6.19. The standard InChI is InChI=1S/C16H19ClN2O2S.C5H6N6/c1-22(21)9-3-8-19-14(10-11-6-7-11)18-13-5-2-4-12(17)15(13)16(19)20;6-1-2-3(7)10-5(9)11-4(2)8/h2,4-5,11H,3,6-10H2,1H3;(H6,7,8,9,10,11). The molecule has 10 nitrogen and oxygen atoms in total. The van der Waals surface area contributed by atoms with Crippen LogP contribution in [0.5, 0.6) is 0 Å². The number of hydrogen-bond donors (Lipinski definition) is 3. The number of benzene rings is 1. The maximum Gasteiger partial charge on any atom is 0.262 e. The SMILES string of the molecule is CS(=O)CCCn1c(CC2CC2)nc2cccc(Cl)c2c1=O.N#Cc1c(N)nc(N)nc1N. The summed E-state index contributed by atoms with van der Waals surface area (Å²) in [7, 11) is -0.844. The van der Waals surface area contributed by atoms with Crippen LogP contribution < -0.4 is 22.8 Å². The molecule has 3 aromatic rings. The molecule has 33 heavy (non-hydrogen) atoms. The van der Waals surface area contributed by atoms with Crippen molar-refractivity contribution in [1.82, 2.24) is 19.5 Å². The molecule has 1 atom stereocenters. The Bertz CT molecular complexity index is 1280. The molecule has 1 unspecified atom stereocenters. The van der Waals surface area contributed by atoms with Crippen molar-refractivity contribution in [2.75, 3.05) is 29.2 Å². The van der Waals surface area contributed by atoms with Crippen molar-refractivity contribution in [3.05, 3.63) is 45.0 Å². The Hall–Kier alpha value is -3.23. The molecular weight excluding hydrogens is 464 g/mol. The van der Waals surface area contributed by atoms with Crippen molar-refractivity contribution in [2.24, 2.45) is 5.92 Å². The zero-order valence-corrected chi connectivity index (χ0v) is 19.7. The molecule has 1 aliphatic rings. The van der Waals surface area contributed by atoms with Crippen molar-refractivity contribution < 1.29 is 4.21 Å². The van der Waals surface area contributed by atoms with Gasteiger partial charge in [0.25, 0.3) is 5.56 Å². The van der Waals surface area contributed by atoms with E-state index in [2.05, 4.69) is 15.0 Å². The highest BCUT2D eigenvalue weighted by atomic mass is 35.5. The van der Waals surface area contributed by atoms with Gasteiger partial charge < -0.3 is 17.2 Å². The van der Waals surface area contributed by atoms with Gasteiger partial charge in [-0.3, -0.25) is 13.6 Å². The zero-order valence-electron chi connectivity index (χ0n) is 18.1. The van der Waals surface area contributed by atoms with Gasteiger partial charge >= 0.3 is 0 Å². The summed E-state index contributed by atoms with van der Waals surface area (Å²) in [6.45, 7) is 0.550. The van der Waals surface area contributed by atoms with Gasteiger partial charge in [-0.25, -0.2) is 4.98 Å². The summed E-state index contributed by atoms with van der Waals surface area (Å²) in [6, 6.07) is 7.14. The van der Waals surface area contributed by atoms with E-state index in [1.165, 1.54) is 12.8 Å². The van der Waals surface area contributed by atoms with Gasteiger partial charge in [-0.2, -0.15) is 15.2 Å². The predicted octanol–water partition coefficient (Wildman–Crippen LogP) is 1.87. The van der Waals surface area contributed by atoms with Crippen LogP contribution in [0.1, 0.15) is 30.7 Å². The van der Waals surface area contributed by atoms with Crippen molar-refractivity contribution >= 4 is 50.9 Å². The molecule has 1 saturated carbocycles. The smallest absolute Gasteiger partial charge is 0.262 e. The number of anilines is 3. The minimum atomic E-state index is -0.844. The number of rotatable bonds is 6. The first-order valence-corrected chi connectivity index (χ1v) is 12.4. The van der Waals surface area contributed by atoms with E-state index in [1.807, 2.05) is 12.1 Å². The van der Waals surface area contributed by atoms with Crippen LogP contribution in [0.25, 0.3) is 10.9 Å². The largest absolute Gasteiger partial charge is 0.382 e. The first-order chi connectivity index (χ1) is 15.7. The lowest BCUT2D eigenvalue weighted by atomic mass is 10.2. The van der Waals surface area contributed by atoms with Gasteiger partial charge in [0.05, 0.1) is 15.9 Å². The van der Waals surface area contributed by atoms with Gasteiger partial charge in [0, 0.05) is 35.8 Å². The lowest BCUT2D eigenvalue weighted by Crippen LogP contribution is -2.26. The van der Waals surface area contributed by atoms with Crippen LogP contribution in [0.15, 0.2) is 23.0 Å². The number of nitriles is 1. The van der Waals surface area contributed by atoms with Gasteiger partial charge in [0.1, 0.15) is 29.1 Å². The summed E-state index contributed by atoms with van der Waals surface area (Å²) in [5, 5.41) is 9.39. The minimum Gasteiger partial charge on any atom is -0.382 e. The molecule has 1 aromatic carbocycles. The minimum absolute atomic E-state index is 0.0116. The number of hydrogen-bond acceptors (Lipinski definition) is 9. The van der Waals surface area contributed by atoms with E-state index in [9.17, 15) is 9.00 Å². The third-order valence-corrected chi connectivity index (χ3v) is 6.27. The highest BCUT2D eigenvalue weighted by Gasteiger charge is 2.25. The van der Waals surface area contributed by atoms with Crippen LogP contribution in [-0.2, 0) is 23.8 Å². The molecule has 0 bridgehead atoms. The Labute approximate surface area is 198 Å². The quantitative estimate of drug-likeness (QED) is 0.466. The average molecular weight is 489 g/mol. The fourth-order valence-corrected chi connectivity index (χ4v) is 4.08. The maximum atomic E-state index is 12.8. The molecule has 1 fully saturated rings. The third-order valence-electron chi connectivity index (χ3n) is 5.09. The molecule has 2 aromatic heterocycles.